The number of carbonyl (C=O) groups excluding carboxylic acids is 1. The van der Waals surface area contributed by atoms with Crippen molar-refractivity contribution in [2.24, 2.45) is 5.73 Å². The number of nitrogens with two attached hydrogens (primary N) is 1. The van der Waals surface area contributed by atoms with Crippen LogP contribution in [0.1, 0.15) is 58.2 Å². The summed E-state index contributed by atoms with van der Waals surface area (Å²) in [5.41, 5.74) is 8.52. The molecule has 0 aliphatic carbocycles. The minimum atomic E-state index is -1.03. The summed E-state index contributed by atoms with van der Waals surface area (Å²) in [5.74, 6) is 0. The fourth-order valence-corrected chi connectivity index (χ4v) is 3.31. The highest BCUT2D eigenvalue weighted by Crippen LogP contribution is 2.26. The minimum absolute atomic E-state index is 0.385. The first kappa shape index (κ1) is 25.1. The summed E-state index contributed by atoms with van der Waals surface area (Å²) in [6.07, 6.45) is 2.93. The Labute approximate surface area is 189 Å². The summed E-state index contributed by atoms with van der Waals surface area (Å²) in [7, 11) is 0. The second-order valence-electron chi connectivity index (χ2n) is 9.66. The fourth-order valence-electron chi connectivity index (χ4n) is 3.31. The summed E-state index contributed by atoms with van der Waals surface area (Å²) >= 11 is 0. The van der Waals surface area contributed by atoms with Crippen molar-refractivity contribution in [2.45, 2.75) is 72.1 Å². The van der Waals surface area contributed by atoms with Crippen LogP contribution in [-0.4, -0.2) is 33.4 Å². The van der Waals surface area contributed by atoms with Gasteiger partial charge in [-0.05, 0) is 83.2 Å². The Morgan fingerprint density at radius 1 is 1.06 bits per heavy atom. The van der Waals surface area contributed by atoms with Crippen molar-refractivity contribution in [1.82, 2.24) is 4.98 Å². The first-order chi connectivity index (χ1) is 14.8. The van der Waals surface area contributed by atoms with Crippen LogP contribution >= 0.6 is 0 Å². The Kier molecular flexibility index (Phi) is 7.85. The van der Waals surface area contributed by atoms with E-state index < -0.39 is 23.3 Å². The van der Waals surface area contributed by atoms with Gasteiger partial charge in [0.05, 0.1) is 11.9 Å². The third-order valence-electron chi connectivity index (χ3n) is 4.62. The first-order valence-corrected chi connectivity index (χ1v) is 10.6. The highest BCUT2D eigenvalue weighted by molar-refractivity contribution is 5.87. The Bertz CT molecular complexity index is 961. The number of nitrogens with zero attached hydrogens (tertiary/aromatic N) is 2. The van der Waals surface area contributed by atoms with Crippen LogP contribution in [-0.2, 0) is 24.1 Å². The van der Waals surface area contributed by atoms with E-state index in [1.54, 1.807) is 12.4 Å². The monoisotopic (exact) mass is 442 g/mol. The van der Waals surface area contributed by atoms with Crippen LogP contribution in [0.4, 0.5) is 21.0 Å². The maximum absolute atomic E-state index is 12.3. The number of ether oxygens (including phenoxy) is 1. The molecule has 0 unspecified atom stereocenters. The average molecular weight is 443 g/mol. The maximum Gasteiger partial charge on any atom is 0.412 e. The molecule has 0 radical (unpaired) electrons. The van der Waals surface area contributed by atoms with Gasteiger partial charge in [-0.2, -0.15) is 0 Å². The van der Waals surface area contributed by atoms with Crippen LogP contribution in [0.5, 0.6) is 0 Å². The summed E-state index contributed by atoms with van der Waals surface area (Å²) < 4.78 is 5.37. The molecule has 1 heterocycles. The molecule has 2 aromatic rings. The van der Waals surface area contributed by atoms with Crippen molar-refractivity contribution in [3.05, 3.63) is 53.3 Å². The molecule has 0 spiro atoms. The van der Waals surface area contributed by atoms with E-state index in [0.29, 0.717) is 30.8 Å². The normalized spacial score (nSPS) is 11.7. The molecule has 0 bridgehead atoms. The molecule has 8 nitrogen and oxygen atoms in total. The van der Waals surface area contributed by atoms with E-state index in [4.69, 9.17) is 10.5 Å². The molecule has 8 heteroatoms. The Hall–Kier alpha value is -3.13. The number of aryl methyl sites for hydroxylation is 2. The molecule has 1 aromatic heterocycles. The smallest absolute Gasteiger partial charge is 0.412 e. The third-order valence-corrected chi connectivity index (χ3v) is 4.62. The van der Waals surface area contributed by atoms with Crippen molar-refractivity contribution in [2.75, 3.05) is 10.2 Å². The zero-order valence-corrected chi connectivity index (χ0v) is 19.7. The van der Waals surface area contributed by atoms with E-state index in [-0.39, 0.29) is 0 Å². The summed E-state index contributed by atoms with van der Waals surface area (Å²) in [6, 6.07) is 7.48. The molecule has 0 aliphatic rings. The second kappa shape index (κ2) is 9.99. The number of aromatic nitrogens is 1. The number of rotatable bonds is 6. The maximum atomic E-state index is 12.3. The number of pyridine rings is 1. The number of hydrogen-bond donors (Lipinski definition) is 3. The molecule has 0 aliphatic heterocycles. The van der Waals surface area contributed by atoms with Crippen molar-refractivity contribution >= 4 is 23.6 Å². The van der Waals surface area contributed by atoms with E-state index >= 15 is 0 Å². The summed E-state index contributed by atoms with van der Waals surface area (Å²) in [6.45, 7) is 11.3. The second-order valence-corrected chi connectivity index (χ2v) is 9.66. The molecule has 2 rings (SSSR count). The molecular formula is C24H34N4O4. The predicted octanol–water partition coefficient (Wildman–Crippen LogP) is 4.96. The highest BCUT2D eigenvalue weighted by atomic mass is 16.6. The number of nitrogens with one attached hydrogen (secondary N) is 1. The zero-order valence-electron chi connectivity index (χ0n) is 19.7. The van der Waals surface area contributed by atoms with Gasteiger partial charge < -0.3 is 15.6 Å². The Morgan fingerprint density at radius 2 is 1.75 bits per heavy atom. The molecule has 2 amide bonds. The van der Waals surface area contributed by atoms with E-state index in [1.807, 2.05) is 65.8 Å². The number of hydrogen-bond acceptors (Lipinski definition) is 5. The molecule has 174 valence electrons. The van der Waals surface area contributed by atoms with Gasteiger partial charge >= 0.3 is 12.2 Å². The summed E-state index contributed by atoms with van der Waals surface area (Å²) in [5, 5.41) is 12.5. The van der Waals surface area contributed by atoms with Crippen molar-refractivity contribution in [3.63, 3.8) is 0 Å². The van der Waals surface area contributed by atoms with Gasteiger partial charge in [-0.25, -0.2) is 9.59 Å². The van der Waals surface area contributed by atoms with E-state index in [0.717, 1.165) is 16.7 Å². The van der Waals surface area contributed by atoms with Gasteiger partial charge in [-0.1, -0.05) is 12.1 Å². The van der Waals surface area contributed by atoms with Gasteiger partial charge in [-0.15, -0.1) is 0 Å². The van der Waals surface area contributed by atoms with Crippen LogP contribution in [0, 0.1) is 0 Å². The topological polar surface area (TPSA) is 118 Å². The number of benzene rings is 1. The predicted molar refractivity (Wildman–Crippen MR) is 126 cm³/mol. The Morgan fingerprint density at radius 3 is 2.31 bits per heavy atom. The number of carboxylic acid groups (broad SMARTS) is 1. The molecule has 32 heavy (non-hydrogen) atoms. The van der Waals surface area contributed by atoms with E-state index in [9.17, 15) is 14.7 Å². The molecule has 0 saturated carbocycles. The number of carbonyl (C=O) groups is 2. The van der Waals surface area contributed by atoms with Crippen molar-refractivity contribution in [1.29, 1.82) is 0 Å². The molecule has 4 N–H and O–H groups in total. The molecular weight excluding hydrogens is 408 g/mol. The third kappa shape index (κ3) is 7.23. The van der Waals surface area contributed by atoms with Crippen LogP contribution < -0.4 is 16.0 Å². The van der Waals surface area contributed by atoms with Crippen LogP contribution in [0.15, 0.2) is 36.7 Å². The quantitative estimate of drug-likeness (QED) is 0.582. The van der Waals surface area contributed by atoms with E-state index in [2.05, 4.69) is 10.3 Å². The Balaban J connectivity index is 2.24. The fraction of sp³-hybridized carbons (Fsp3) is 0.458. The van der Waals surface area contributed by atoms with Gasteiger partial charge in [0.2, 0.25) is 0 Å². The van der Waals surface area contributed by atoms with Crippen LogP contribution in [0.25, 0.3) is 0 Å². The lowest BCUT2D eigenvalue weighted by atomic mass is 10.0. The largest absolute Gasteiger partial charge is 0.465 e. The van der Waals surface area contributed by atoms with Gasteiger partial charge in [0.25, 0.3) is 0 Å². The molecule has 0 fully saturated rings. The van der Waals surface area contributed by atoms with Crippen molar-refractivity contribution in [3.8, 4) is 0 Å². The summed E-state index contributed by atoms with van der Waals surface area (Å²) in [4.78, 5) is 29.6. The van der Waals surface area contributed by atoms with E-state index in [1.165, 1.54) is 4.90 Å². The lowest BCUT2D eigenvalue weighted by Gasteiger charge is -2.33. The minimum Gasteiger partial charge on any atom is -0.465 e. The highest BCUT2D eigenvalue weighted by Gasteiger charge is 2.28. The average Bonchev–Trinajstić information content (AvgIpc) is 2.64. The number of amides is 2. The van der Waals surface area contributed by atoms with Crippen molar-refractivity contribution < 1.29 is 19.4 Å². The lowest BCUT2D eigenvalue weighted by Crippen LogP contribution is -2.45. The molecule has 1 aromatic carbocycles. The van der Waals surface area contributed by atoms with Gasteiger partial charge in [0.15, 0.2) is 0 Å². The number of anilines is 2. The zero-order chi connectivity index (χ0) is 24.1. The van der Waals surface area contributed by atoms with Gasteiger partial charge in [-0.3, -0.25) is 15.2 Å². The SMILES string of the molecule is CC(C)(C)OC(=O)Nc1ccc(CN)cc1CCc1cncc(N(C(=O)O)C(C)(C)C)c1. The van der Waals surface area contributed by atoms with Gasteiger partial charge in [0.1, 0.15) is 5.60 Å². The van der Waals surface area contributed by atoms with Crippen LogP contribution in [0.2, 0.25) is 0 Å². The first-order valence-electron chi connectivity index (χ1n) is 10.6. The van der Waals surface area contributed by atoms with Gasteiger partial charge in [0, 0.05) is 24.0 Å². The standard InChI is InChI=1S/C24H34N4O4/c1-23(2,3)28(22(30)31)19-12-17(14-26-15-19)7-9-18-11-16(13-25)8-10-20(18)27-21(29)32-24(4,5)6/h8,10-12,14-15H,7,9,13,25H2,1-6H3,(H,27,29)(H,30,31). The lowest BCUT2D eigenvalue weighted by molar-refractivity contribution is 0.0635. The molecule has 0 atom stereocenters. The molecule has 0 saturated heterocycles. The van der Waals surface area contributed by atoms with Crippen LogP contribution in [0.3, 0.4) is 0 Å².